The zero-order valence-electron chi connectivity index (χ0n) is 22.4. The summed E-state index contributed by atoms with van der Waals surface area (Å²) in [5, 5.41) is 27.0. The summed E-state index contributed by atoms with van der Waals surface area (Å²) in [6.07, 6.45) is 1.42. The van der Waals surface area contributed by atoms with E-state index in [2.05, 4.69) is 20.9 Å². The minimum absolute atomic E-state index is 0.0462. The molecular weight excluding hydrogens is 538 g/mol. The maximum absolute atomic E-state index is 13.2. The van der Waals surface area contributed by atoms with E-state index < -0.39 is 66.2 Å². The highest BCUT2D eigenvalue weighted by atomic mass is 16.4. The molecule has 15 heteroatoms. The summed E-state index contributed by atoms with van der Waals surface area (Å²) >= 11 is 0. The number of unbranched alkanes of at least 4 members (excludes halogenated alkanes) is 1. The lowest BCUT2D eigenvalue weighted by Crippen LogP contribution is -2.57. The Bertz CT molecular complexity index is 1250. The number of rotatable bonds is 18. The molecule has 41 heavy (non-hydrogen) atoms. The number of nitrogens with one attached hydrogen (secondary N) is 4. The summed E-state index contributed by atoms with van der Waals surface area (Å²) in [4.78, 5) is 76.1. The highest BCUT2D eigenvalue weighted by Gasteiger charge is 2.31. The van der Waals surface area contributed by atoms with E-state index in [1.54, 1.807) is 12.3 Å². The fraction of sp³-hybridized carbons (Fsp3) is 0.462. The molecule has 4 unspecified atom stereocenters. The average molecular weight is 576 g/mol. The Morgan fingerprint density at radius 2 is 1.49 bits per heavy atom. The van der Waals surface area contributed by atoms with Gasteiger partial charge in [-0.1, -0.05) is 18.2 Å². The van der Waals surface area contributed by atoms with E-state index >= 15 is 0 Å². The number of carboxylic acid groups (broad SMARTS) is 2. The summed E-state index contributed by atoms with van der Waals surface area (Å²) < 4.78 is 0. The number of carbonyl (C=O) groups excluding carboxylic acids is 4. The van der Waals surface area contributed by atoms with E-state index in [-0.39, 0.29) is 25.7 Å². The van der Waals surface area contributed by atoms with Crippen molar-refractivity contribution in [1.82, 2.24) is 20.9 Å². The first-order valence-electron chi connectivity index (χ1n) is 13.1. The van der Waals surface area contributed by atoms with Crippen LogP contribution in [-0.2, 0) is 35.2 Å². The monoisotopic (exact) mass is 575 g/mol. The highest BCUT2D eigenvalue weighted by molar-refractivity contribution is 5.96. The molecule has 2 aromatic rings. The van der Waals surface area contributed by atoms with Gasteiger partial charge >= 0.3 is 11.9 Å². The smallest absolute Gasteiger partial charge is 0.326 e. The summed E-state index contributed by atoms with van der Waals surface area (Å²) in [6, 6.07) is 1.82. The van der Waals surface area contributed by atoms with E-state index in [0.29, 0.717) is 24.9 Å². The molecule has 1 aromatic heterocycles. The number of nitrogens with two attached hydrogens (primary N) is 3. The van der Waals surface area contributed by atoms with Crippen molar-refractivity contribution in [1.29, 1.82) is 0 Å². The Balaban J connectivity index is 2.17. The second-order valence-corrected chi connectivity index (χ2v) is 9.58. The van der Waals surface area contributed by atoms with Gasteiger partial charge in [0, 0.05) is 29.9 Å². The van der Waals surface area contributed by atoms with Crippen LogP contribution < -0.4 is 33.2 Å². The molecule has 0 spiro atoms. The average Bonchev–Trinajstić information content (AvgIpc) is 3.32. The largest absolute Gasteiger partial charge is 0.481 e. The molecule has 0 fully saturated rings. The van der Waals surface area contributed by atoms with Crippen molar-refractivity contribution in [3.63, 3.8) is 0 Å². The molecule has 0 radical (unpaired) electrons. The van der Waals surface area contributed by atoms with E-state index in [9.17, 15) is 39.0 Å². The first-order chi connectivity index (χ1) is 19.4. The molecule has 4 atom stereocenters. The normalized spacial score (nSPS) is 13.9. The topological polar surface area (TPSA) is 273 Å². The number of aromatic amines is 1. The number of benzene rings is 1. The summed E-state index contributed by atoms with van der Waals surface area (Å²) in [5.74, 6) is -6.08. The molecule has 15 nitrogen and oxygen atoms in total. The first-order valence-corrected chi connectivity index (χ1v) is 13.1. The molecule has 1 aromatic carbocycles. The van der Waals surface area contributed by atoms with Gasteiger partial charge in [0.1, 0.15) is 18.1 Å². The number of aromatic nitrogens is 1. The first kappa shape index (κ1) is 32.7. The second kappa shape index (κ2) is 15.9. The number of carbonyl (C=O) groups is 6. The van der Waals surface area contributed by atoms with Crippen LogP contribution in [0.1, 0.15) is 44.1 Å². The number of hydrogen-bond donors (Lipinski definition) is 9. The van der Waals surface area contributed by atoms with Gasteiger partial charge in [0.15, 0.2) is 0 Å². The van der Waals surface area contributed by atoms with Crippen LogP contribution in [0.2, 0.25) is 0 Å². The minimum atomic E-state index is -1.61. The third kappa shape index (κ3) is 10.5. The number of carboxylic acids is 2. The van der Waals surface area contributed by atoms with Gasteiger partial charge in [-0.25, -0.2) is 4.79 Å². The number of H-pyrrole nitrogens is 1. The van der Waals surface area contributed by atoms with Crippen molar-refractivity contribution < 1.29 is 39.0 Å². The molecule has 4 amide bonds. The molecule has 0 aliphatic carbocycles. The fourth-order valence-electron chi connectivity index (χ4n) is 4.12. The minimum Gasteiger partial charge on any atom is -0.481 e. The number of primary amides is 1. The van der Waals surface area contributed by atoms with Crippen LogP contribution in [0.5, 0.6) is 0 Å². The summed E-state index contributed by atoms with van der Waals surface area (Å²) in [5.41, 5.74) is 17.8. The van der Waals surface area contributed by atoms with E-state index in [1.165, 1.54) is 0 Å². The molecular formula is C26H37N7O8. The van der Waals surface area contributed by atoms with Gasteiger partial charge < -0.3 is 48.3 Å². The van der Waals surface area contributed by atoms with Crippen LogP contribution >= 0.6 is 0 Å². The molecule has 2 rings (SSSR count). The molecule has 224 valence electrons. The lowest BCUT2D eigenvalue weighted by Gasteiger charge is -2.24. The van der Waals surface area contributed by atoms with Crippen molar-refractivity contribution >= 4 is 46.5 Å². The zero-order chi connectivity index (χ0) is 30.5. The molecule has 1 heterocycles. The van der Waals surface area contributed by atoms with Gasteiger partial charge in [0.2, 0.25) is 23.6 Å². The standard InChI is InChI=1S/C26H37N7O8/c27-10-4-3-7-18(31-25(39)19(12-22(35)36)32-23(37)16(28)8-9-21(29)34)24(38)33-20(26(40)41)11-14-13-30-17-6-2-1-5-15(14)17/h1-2,5-6,13,16,18-20,30H,3-4,7-12,27-28H2,(H2,29,34)(H,31,39)(H,32,37)(H,33,38)(H,35,36)(H,40,41). The fourth-order valence-corrected chi connectivity index (χ4v) is 4.12. The predicted molar refractivity (Wildman–Crippen MR) is 147 cm³/mol. The van der Waals surface area contributed by atoms with E-state index in [0.717, 1.165) is 10.9 Å². The number of para-hydroxylation sites is 1. The van der Waals surface area contributed by atoms with Gasteiger partial charge in [-0.3, -0.25) is 24.0 Å². The Hall–Kier alpha value is -4.50. The van der Waals surface area contributed by atoms with Crippen LogP contribution in [0.3, 0.4) is 0 Å². The Labute approximate surface area is 235 Å². The lowest BCUT2D eigenvalue weighted by molar-refractivity contribution is -0.143. The molecule has 0 saturated heterocycles. The third-order valence-electron chi connectivity index (χ3n) is 6.34. The molecule has 0 bridgehead atoms. The van der Waals surface area contributed by atoms with Crippen LogP contribution in [0.25, 0.3) is 10.9 Å². The Kier molecular flexibility index (Phi) is 12.7. The van der Waals surface area contributed by atoms with Crippen LogP contribution in [0.4, 0.5) is 0 Å². The second-order valence-electron chi connectivity index (χ2n) is 9.58. The molecule has 0 aliphatic rings. The number of aliphatic carboxylic acids is 2. The van der Waals surface area contributed by atoms with E-state index in [4.69, 9.17) is 17.2 Å². The number of hydrogen-bond acceptors (Lipinski definition) is 8. The van der Waals surface area contributed by atoms with Gasteiger partial charge in [-0.15, -0.1) is 0 Å². The lowest BCUT2D eigenvalue weighted by atomic mass is 10.0. The van der Waals surface area contributed by atoms with Gasteiger partial charge in [0.25, 0.3) is 0 Å². The third-order valence-corrected chi connectivity index (χ3v) is 6.34. The SMILES string of the molecule is NCCCCC(NC(=O)C(CC(=O)O)NC(=O)C(N)CCC(N)=O)C(=O)NC(Cc1c[nH]c2ccccc12)C(=O)O. The maximum Gasteiger partial charge on any atom is 0.326 e. The predicted octanol–water partition coefficient (Wildman–Crippen LogP) is -1.55. The molecule has 0 saturated carbocycles. The van der Waals surface area contributed by atoms with Gasteiger partial charge in [0.05, 0.1) is 12.5 Å². The summed E-state index contributed by atoms with van der Waals surface area (Å²) in [7, 11) is 0. The van der Waals surface area contributed by atoms with Crippen molar-refractivity contribution in [2.24, 2.45) is 17.2 Å². The highest BCUT2D eigenvalue weighted by Crippen LogP contribution is 2.19. The van der Waals surface area contributed by atoms with Crippen LogP contribution in [-0.4, -0.2) is 81.5 Å². The Morgan fingerprint density at radius 3 is 2.12 bits per heavy atom. The molecule has 0 aliphatic heterocycles. The van der Waals surface area contributed by atoms with Gasteiger partial charge in [-0.05, 0) is 43.9 Å². The van der Waals surface area contributed by atoms with Crippen molar-refractivity contribution in [3.05, 3.63) is 36.0 Å². The van der Waals surface area contributed by atoms with Gasteiger partial charge in [-0.2, -0.15) is 0 Å². The van der Waals surface area contributed by atoms with Crippen molar-refractivity contribution in [2.45, 2.75) is 69.1 Å². The molecule has 12 N–H and O–H groups in total. The summed E-state index contributed by atoms with van der Waals surface area (Å²) in [6.45, 7) is 0.307. The maximum atomic E-state index is 13.2. The van der Waals surface area contributed by atoms with Crippen LogP contribution in [0.15, 0.2) is 30.5 Å². The van der Waals surface area contributed by atoms with Crippen LogP contribution in [0, 0.1) is 0 Å². The number of amides is 4. The van der Waals surface area contributed by atoms with Crippen molar-refractivity contribution in [3.8, 4) is 0 Å². The quantitative estimate of drug-likeness (QED) is 0.0922. The Morgan fingerprint density at radius 1 is 0.854 bits per heavy atom. The number of fused-ring (bicyclic) bond motifs is 1. The zero-order valence-corrected chi connectivity index (χ0v) is 22.4. The van der Waals surface area contributed by atoms with Crippen molar-refractivity contribution in [2.75, 3.05) is 6.54 Å². The van der Waals surface area contributed by atoms with E-state index in [1.807, 2.05) is 18.2 Å².